The summed E-state index contributed by atoms with van der Waals surface area (Å²) in [5, 5.41) is 12.2. The molecule has 0 atom stereocenters. The molecule has 4 nitrogen and oxygen atoms in total. The maximum Gasteiger partial charge on any atom is 0.170 e. The topological polar surface area (TPSA) is 61.8 Å². The summed E-state index contributed by atoms with van der Waals surface area (Å²) in [6, 6.07) is 5.47. The van der Waals surface area contributed by atoms with Gasteiger partial charge in [0.15, 0.2) is 5.84 Å². The molecule has 1 aromatic rings. The van der Waals surface area contributed by atoms with Gasteiger partial charge in [0.05, 0.1) is 0 Å². The van der Waals surface area contributed by atoms with Crippen LogP contribution in [0.5, 0.6) is 0 Å². The lowest BCUT2D eigenvalue weighted by Crippen LogP contribution is -2.23. The van der Waals surface area contributed by atoms with Crippen molar-refractivity contribution in [3.63, 3.8) is 0 Å². The monoisotopic (exact) mass is 269 g/mol. The first kappa shape index (κ1) is 14.8. The fraction of sp³-hybridized carbons (Fsp3) is 0.462. The van der Waals surface area contributed by atoms with Crippen LogP contribution in [0.15, 0.2) is 23.4 Å². The van der Waals surface area contributed by atoms with Crippen molar-refractivity contribution in [2.24, 2.45) is 10.9 Å². The Morgan fingerprint density at radius 3 is 2.67 bits per heavy atom. The van der Waals surface area contributed by atoms with Crippen LogP contribution in [0.25, 0.3) is 0 Å². The summed E-state index contributed by atoms with van der Waals surface area (Å²) in [5.41, 5.74) is 7.21. The summed E-state index contributed by atoms with van der Waals surface area (Å²) in [5.74, 6) is 0.0735. The highest BCUT2D eigenvalue weighted by molar-refractivity contribution is 6.31. The van der Waals surface area contributed by atoms with Crippen molar-refractivity contribution in [2.75, 3.05) is 13.1 Å². The summed E-state index contributed by atoms with van der Waals surface area (Å²) in [7, 11) is 0. The largest absolute Gasteiger partial charge is 0.409 e. The van der Waals surface area contributed by atoms with Crippen molar-refractivity contribution in [3.8, 4) is 0 Å². The first-order valence-electron chi connectivity index (χ1n) is 6.11. The lowest BCUT2D eigenvalue weighted by Gasteiger charge is -2.20. The van der Waals surface area contributed by atoms with Crippen molar-refractivity contribution >= 4 is 17.4 Å². The standard InChI is InChI=1S/C13H20ClN3O/c1-3-7-17(4-2)9-11-6-5-10(8-12(11)14)13(15)16-18/h5-6,8,18H,3-4,7,9H2,1-2H3,(H2,15,16). The van der Waals surface area contributed by atoms with Gasteiger partial charge in [-0.05, 0) is 31.1 Å². The van der Waals surface area contributed by atoms with Gasteiger partial charge in [0, 0.05) is 17.1 Å². The first-order chi connectivity index (χ1) is 8.62. The van der Waals surface area contributed by atoms with Gasteiger partial charge in [-0.15, -0.1) is 0 Å². The van der Waals surface area contributed by atoms with E-state index in [9.17, 15) is 0 Å². The highest BCUT2D eigenvalue weighted by atomic mass is 35.5. The molecule has 0 unspecified atom stereocenters. The third-order valence-electron chi connectivity index (χ3n) is 2.84. The van der Waals surface area contributed by atoms with E-state index in [-0.39, 0.29) is 5.84 Å². The van der Waals surface area contributed by atoms with Crippen LogP contribution >= 0.6 is 11.6 Å². The van der Waals surface area contributed by atoms with Gasteiger partial charge in [0.1, 0.15) is 0 Å². The molecule has 0 spiro atoms. The van der Waals surface area contributed by atoms with E-state index >= 15 is 0 Å². The number of benzene rings is 1. The second kappa shape index (κ2) is 7.24. The van der Waals surface area contributed by atoms with Gasteiger partial charge < -0.3 is 10.9 Å². The number of nitrogens with zero attached hydrogens (tertiary/aromatic N) is 2. The fourth-order valence-corrected chi connectivity index (χ4v) is 2.04. The quantitative estimate of drug-likeness (QED) is 0.361. The molecule has 0 bridgehead atoms. The molecule has 0 fully saturated rings. The van der Waals surface area contributed by atoms with Gasteiger partial charge in [-0.25, -0.2) is 0 Å². The van der Waals surface area contributed by atoms with E-state index in [1.807, 2.05) is 12.1 Å². The lowest BCUT2D eigenvalue weighted by molar-refractivity contribution is 0.280. The molecule has 5 heteroatoms. The Morgan fingerprint density at radius 1 is 1.44 bits per heavy atom. The van der Waals surface area contributed by atoms with Crippen LogP contribution in [-0.4, -0.2) is 29.0 Å². The predicted octanol–water partition coefficient (Wildman–Crippen LogP) is 2.67. The molecule has 0 saturated heterocycles. The van der Waals surface area contributed by atoms with Crippen LogP contribution in [-0.2, 0) is 6.54 Å². The van der Waals surface area contributed by atoms with E-state index in [4.69, 9.17) is 22.5 Å². The van der Waals surface area contributed by atoms with Gasteiger partial charge in [-0.3, -0.25) is 4.90 Å². The van der Waals surface area contributed by atoms with E-state index in [1.54, 1.807) is 6.07 Å². The van der Waals surface area contributed by atoms with Gasteiger partial charge >= 0.3 is 0 Å². The minimum atomic E-state index is 0.0735. The van der Waals surface area contributed by atoms with E-state index in [1.165, 1.54) is 0 Å². The lowest BCUT2D eigenvalue weighted by atomic mass is 10.1. The van der Waals surface area contributed by atoms with E-state index in [2.05, 4.69) is 23.9 Å². The summed E-state index contributed by atoms with van der Waals surface area (Å²) in [4.78, 5) is 2.32. The van der Waals surface area contributed by atoms with Crippen LogP contribution in [0.1, 0.15) is 31.4 Å². The van der Waals surface area contributed by atoms with Crippen molar-refractivity contribution in [1.82, 2.24) is 4.90 Å². The average molecular weight is 270 g/mol. The molecule has 1 rings (SSSR count). The third kappa shape index (κ3) is 3.89. The minimum Gasteiger partial charge on any atom is -0.409 e. The number of oxime groups is 1. The van der Waals surface area contributed by atoms with Crippen LogP contribution < -0.4 is 5.73 Å². The SMILES string of the molecule is CCCN(CC)Cc1ccc(/C(N)=N/O)cc1Cl. The molecule has 18 heavy (non-hydrogen) atoms. The molecule has 100 valence electrons. The summed E-state index contributed by atoms with van der Waals surface area (Å²) in [6.07, 6.45) is 1.12. The maximum absolute atomic E-state index is 8.61. The molecular weight excluding hydrogens is 250 g/mol. The number of hydrogen-bond donors (Lipinski definition) is 2. The number of hydrogen-bond acceptors (Lipinski definition) is 3. The molecule has 1 aromatic carbocycles. The van der Waals surface area contributed by atoms with E-state index < -0.39 is 0 Å². The Hall–Kier alpha value is -1.26. The number of halogens is 1. The van der Waals surface area contributed by atoms with Crippen LogP contribution in [0.4, 0.5) is 0 Å². The molecule has 0 heterocycles. The third-order valence-corrected chi connectivity index (χ3v) is 3.19. The van der Waals surface area contributed by atoms with Gasteiger partial charge in [0.2, 0.25) is 0 Å². The average Bonchev–Trinajstić information content (AvgIpc) is 2.39. The fourth-order valence-electron chi connectivity index (χ4n) is 1.80. The zero-order chi connectivity index (χ0) is 13.5. The van der Waals surface area contributed by atoms with Gasteiger partial charge in [-0.1, -0.05) is 42.7 Å². The molecule has 0 radical (unpaired) electrons. The maximum atomic E-state index is 8.61. The second-order valence-corrected chi connectivity index (χ2v) is 4.57. The number of amidine groups is 1. The summed E-state index contributed by atoms with van der Waals surface area (Å²) >= 11 is 6.21. The number of nitrogens with two attached hydrogens (primary N) is 1. The summed E-state index contributed by atoms with van der Waals surface area (Å²) < 4.78 is 0. The molecule has 0 saturated carbocycles. The Morgan fingerprint density at radius 2 is 2.17 bits per heavy atom. The van der Waals surface area contributed by atoms with Crippen molar-refractivity contribution < 1.29 is 5.21 Å². The molecule has 0 aliphatic carbocycles. The zero-order valence-electron chi connectivity index (χ0n) is 10.9. The zero-order valence-corrected chi connectivity index (χ0v) is 11.6. The van der Waals surface area contributed by atoms with E-state index in [0.29, 0.717) is 10.6 Å². The van der Waals surface area contributed by atoms with Crippen molar-refractivity contribution in [1.29, 1.82) is 0 Å². The minimum absolute atomic E-state index is 0.0735. The Bertz CT molecular complexity index is 421. The molecule has 0 amide bonds. The van der Waals surface area contributed by atoms with Crippen LogP contribution in [0, 0.1) is 0 Å². The van der Waals surface area contributed by atoms with Crippen molar-refractivity contribution in [2.45, 2.75) is 26.8 Å². The number of rotatable bonds is 6. The molecule has 0 aromatic heterocycles. The van der Waals surface area contributed by atoms with Crippen LogP contribution in [0.3, 0.4) is 0 Å². The Labute approximate surface area is 113 Å². The van der Waals surface area contributed by atoms with E-state index in [0.717, 1.165) is 31.6 Å². The van der Waals surface area contributed by atoms with Crippen LogP contribution in [0.2, 0.25) is 5.02 Å². The van der Waals surface area contributed by atoms with Crippen molar-refractivity contribution in [3.05, 3.63) is 34.3 Å². The molecule has 3 N–H and O–H groups in total. The summed E-state index contributed by atoms with van der Waals surface area (Å²) in [6.45, 7) is 7.15. The normalized spacial score (nSPS) is 12.1. The highest BCUT2D eigenvalue weighted by Gasteiger charge is 2.08. The first-order valence-corrected chi connectivity index (χ1v) is 6.48. The molecular formula is C13H20ClN3O. The Balaban J connectivity index is 2.85. The molecule has 0 aliphatic rings. The van der Waals surface area contributed by atoms with Gasteiger partial charge in [-0.2, -0.15) is 0 Å². The molecule has 0 aliphatic heterocycles. The second-order valence-electron chi connectivity index (χ2n) is 4.16. The predicted molar refractivity (Wildman–Crippen MR) is 75.2 cm³/mol. The highest BCUT2D eigenvalue weighted by Crippen LogP contribution is 2.19. The van der Waals surface area contributed by atoms with Gasteiger partial charge in [0.25, 0.3) is 0 Å². The smallest absolute Gasteiger partial charge is 0.170 e. The Kier molecular flexibility index (Phi) is 5.95.